The van der Waals surface area contributed by atoms with Crippen LogP contribution in [0.15, 0.2) is 41.0 Å². The van der Waals surface area contributed by atoms with Gasteiger partial charge in [0.2, 0.25) is 5.91 Å². The minimum absolute atomic E-state index is 0.190. The summed E-state index contributed by atoms with van der Waals surface area (Å²) in [6.07, 6.45) is -1.13. The van der Waals surface area contributed by atoms with Crippen molar-refractivity contribution in [1.29, 1.82) is 0 Å². The summed E-state index contributed by atoms with van der Waals surface area (Å²) in [6.45, 7) is 1.86. The van der Waals surface area contributed by atoms with Crippen LogP contribution >= 0.6 is 27.5 Å². The fraction of sp³-hybridized carbons (Fsp3) is 0.235. The molecule has 0 atom stereocenters. The van der Waals surface area contributed by atoms with Crippen molar-refractivity contribution in [3.8, 4) is 0 Å². The topological polar surface area (TPSA) is 64.7 Å². The third-order valence-corrected chi connectivity index (χ3v) is 5.08. The third kappa shape index (κ3) is 4.54. The van der Waals surface area contributed by atoms with Gasteiger partial charge < -0.3 is 5.32 Å². The maximum atomic E-state index is 12.9. The third-order valence-electron chi connectivity index (χ3n) is 3.82. The van der Waals surface area contributed by atoms with Gasteiger partial charge in [-0.3, -0.25) is 14.2 Å². The van der Waals surface area contributed by atoms with Gasteiger partial charge in [0.05, 0.1) is 16.7 Å². The maximum absolute atomic E-state index is 12.9. The van der Waals surface area contributed by atoms with Gasteiger partial charge >= 0.3 is 0 Å². The van der Waals surface area contributed by atoms with Crippen molar-refractivity contribution in [2.24, 2.45) is 0 Å². The summed E-state index contributed by atoms with van der Waals surface area (Å²) in [5.41, 5.74) is 1.07. The highest BCUT2D eigenvalue weighted by Crippen LogP contribution is 2.29. The Morgan fingerprint density at radius 3 is 2.63 bits per heavy atom. The smallest absolute Gasteiger partial charge is 0.283 e. The minimum Gasteiger partial charge on any atom is -0.306 e. The number of anilines is 1. The first-order chi connectivity index (χ1) is 12.8. The number of benzene rings is 1. The molecule has 0 unspecified atom stereocenters. The largest absolute Gasteiger partial charge is 0.306 e. The van der Waals surface area contributed by atoms with Gasteiger partial charge in [-0.25, -0.2) is 8.78 Å². The quantitative estimate of drug-likeness (QED) is 0.594. The summed E-state index contributed by atoms with van der Waals surface area (Å²) >= 11 is 9.21. The molecule has 27 heavy (non-hydrogen) atoms. The Bertz CT molecular complexity index is 958. The first-order valence-electron chi connectivity index (χ1n) is 7.93. The van der Waals surface area contributed by atoms with E-state index in [0.717, 1.165) is 5.56 Å². The van der Waals surface area contributed by atoms with Crippen molar-refractivity contribution in [1.82, 2.24) is 19.6 Å². The first kappa shape index (κ1) is 19.5. The lowest BCUT2D eigenvalue weighted by Crippen LogP contribution is -2.21. The van der Waals surface area contributed by atoms with Crippen LogP contribution in [0.3, 0.4) is 0 Å². The fourth-order valence-corrected chi connectivity index (χ4v) is 3.14. The summed E-state index contributed by atoms with van der Waals surface area (Å²) in [5.74, 6) is -0.267. The van der Waals surface area contributed by atoms with Crippen LogP contribution in [0.4, 0.5) is 14.6 Å². The van der Waals surface area contributed by atoms with Gasteiger partial charge in [-0.2, -0.15) is 10.2 Å². The van der Waals surface area contributed by atoms with E-state index in [1.54, 1.807) is 17.8 Å². The standard InChI is InChI=1S/C17H15BrClF2N5O/c1-10-14(18)15(16(20)21)23-26(10)9-13(27)22-17-12(19)8-25(24-17)7-11-5-3-2-4-6-11/h2-6,8,16H,7,9H2,1H3,(H,22,24,27). The molecule has 10 heteroatoms. The van der Waals surface area contributed by atoms with E-state index in [0.29, 0.717) is 12.2 Å². The molecule has 0 aliphatic rings. The molecular formula is C17H15BrClF2N5O. The number of rotatable bonds is 6. The van der Waals surface area contributed by atoms with E-state index in [2.05, 4.69) is 31.4 Å². The first-order valence-corrected chi connectivity index (χ1v) is 9.10. The molecule has 0 radical (unpaired) electrons. The molecule has 3 rings (SSSR count). The van der Waals surface area contributed by atoms with Crippen molar-refractivity contribution in [2.75, 3.05) is 5.32 Å². The van der Waals surface area contributed by atoms with Gasteiger partial charge in [0, 0.05) is 6.20 Å². The number of hydrogen-bond acceptors (Lipinski definition) is 3. The van der Waals surface area contributed by atoms with Gasteiger partial charge in [0.1, 0.15) is 17.3 Å². The zero-order valence-corrected chi connectivity index (χ0v) is 16.5. The molecule has 0 aliphatic heterocycles. The lowest BCUT2D eigenvalue weighted by Gasteiger charge is -2.05. The fourth-order valence-electron chi connectivity index (χ4n) is 2.48. The van der Waals surface area contributed by atoms with Crippen molar-refractivity contribution in [2.45, 2.75) is 26.4 Å². The molecule has 2 aromatic heterocycles. The van der Waals surface area contributed by atoms with E-state index in [1.807, 2.05) is 30.3 Å². The molecule has 0 bridgehead atoms. The maximum Gasteiger partial charge on any atom is 0.283 e. The van der Waals surface area contributed by atoms with Gasteiger partial charge in [0.15, 0.2) is 5.82 Å². The van der Waals surface area contributed by atoms with Crippen LogP contribution in [0, 0.1) is 6.92 Å². The normalized spacial score (nSPS) is 11.2. The van der Waals surface area contributed by atoms with E-state index in [1.165, 1.54) is 4.68 Å². The number of carbonyl (C=O) groups excluding carboxylic acids is 1. The number of alkyl halides is 2. The molecule has 0 saturated carbocycles. The Balaban J connectivity index is 1.69. The SMILES string of the molecule is Cc1c(Br)c(C(F)F)nn1CC(=O)Nc1nn(Cc2ccccc2)cc1Cl. The van der Waals surface area contributed by atoms with E-state index in [-0.39, 0.29) is 21.9 Å². The van der Waals surface area contributed by atoms with Crippen molar-refractivity contribution < 1.29 is 13.6 Å². The minimum atomic E-state index is -2.73. The molecular weight excluding hydrogens is 444 g/mol. The zero-order chi connectivity index (χ0) is 19.6. The number of halogens is 4. The van der Waals surface area contributed by atoms with Crippen LogP contribution < -0.4 is 5.32 Å². The number of nitrogens with zero attached hydrogens (tertiary/aromatic N) is 4. The molecule has 0 spiro atoms. The summed E-state index contributed by atoms with van der Waals surface area (Å²) in [6, 6.07) is 9.66. The van der Waals surface area contributed by atoms with Crippen molar-refractivity contribution in [3.05, 3.63) is 63.0 Å². The molecule has 2 heterocycles. The van der Waals surface area contributed by atoms with Crippen LogP contribution in [0.25, 0.3) is 0 Å². The highest BCUT2D eigenvalue weighted by Gasteiger charge is 2.21. The van der Waals surface area contributed by atoms with Crippen LogP contribution in [0.5, 0.6) is 0 Å². The van der Waals surface area contributed by atoms with Gasteiger partial charge in [0.25, 0.3) is 6.43 Å². The molecule has 1 amide bonds. The molecule has 142 valence electrons. The second kappa shape index (κ2) is 8.18. The second-order valence-electron chi connectivity index (χ2n) is 5.80. The summed E-state index contributed by atoms with van der Waals surface area (Å²) < 4.78 is 28.8. The van der Waals surface area contributed by atoms with Gasteiger partial charge in [-0.05, 0) is 28.4 Å². The average molecular weight is 459 g/mol. The number of amides is 1. The van der Waals surface area contributed by atoms with Crippen molar-refractivity contribution >= 4 is 39.3 Å². The predicted molar refractivity (Wildman–Crippen MR) is 101 cm³/mol. The second-order valence-corrected chi connectivity index (χ2v) is 7.00. The predicted octanol–water partition coefficient (Wildman–Crippen LogP) is 4.43. The van der Waals surface area contributed by atoms with Crippen LogP contribution in [0.1, 0.15) is 23.4 Å². The summed E-state index contributed by atoms with van der Waals surface area (Å²) in [7, 11) is 0. The van der Waals surface area contributed by atoms with Crippen LogP contribution in [0.2, 0.25) is 5.02 Å². The number of nitrogens with one attached hydrogen (secondary N) is 1. The molecule has 6 nitrogen and oxygen atoms in total. The zero-order valence-electron chi connectivity index (χ0n) is 14.2. The van der Waals surface area contributed by atoms with Crippen LogP contribution in [-0.2, 0) is 17.9 Å². The Kier molecular flexibility index (Phi) is 5.91. The van der Waals surface area contributed by atoms with E-state index in [4.69, 9.17) is 11.6 Å². The molecule has 1 aromatic carbocycles. The lowest BCUT2D eigenvalue weighted by atomic mass is 10.2. The number of aromatic nitrogens is 4. The Labute approximate surface area is 167 Å². The number of hydrogen-bond donors (Lipinski definition) is 1. The molecule has 0 saturated heterocycles. The van der Waals surface area contributed by atoms with E-state index < -0.39 is 18.0 Å². The van der Waals surface area contributed by atoms with E-state index >= 15 is 0 Å². The Morgan fingerprint density at radius 2 is 2.00 bits per heavy atom. The summed E-state index contributed by atoms with van der Waals surface area (Å²) in [5, 5.41) is 10.9. The van der Waals surface area contributed by atoms with E-state index in [9.17, 15) is 13.6 Å². The molecule has 0 fully saturated rings. The van der Waals surface area contributed by atoms with Gasteiger partial charge in [-0.1, -0.05) is 41.9 Å². The average Bonchev–Trinajstić information content (AvgIpc) is 3.10. The Hall–Kier alpha value is -2.26. The number of carbonyl (C=O) groups is 1. The molecule has 3 aromatic rings. The Morgan fingerprint density at radius 1 is 1.30 bits per heavy atom. The van der Waals surface area contributed by atoms with Crippen molar-refractivity contribution in [3.63, 3.8) is 0 Å². The monoisotopic (exact) mass is 457 g/mol. The van der Waals surface area contributed by atoms with Crippen LogP contribution in [-0.4, -0.2) is 25.5 Å². The summed E-state index contributed by atoms with van der Waals surface area (Å²) in [4.78, 5) is 12.3. The van der Waals surface area contributed by atoms with Gasteiger partial charge in [-0.15, -0.1) is 0 Å². The highest BCUT2D eigenvalue weighted by molar-refractivity contribution is 9.10. The highest BCUT2D eigenvalue weighted by atomic mass is 79.9. The molecule has 1 N–H and O–H groups in total. The lowest BCUT2D eigenvalue weighted by molar-refractivity contribution is -0.117. The molecule has 0 aliphatic carbocycles.